The summed E-state index contributed by atoms with van der Waals surface area (Å²) in [7, 11) is 0. The average Bonchev–Trinajstić information content (AvgIpc) is 3.34. The van der Waals surface area contributed by atoms with E-state index in [4.69, 9.17) is 0 Å². The van der Waals surface area contributed by atoms with Crippen molar-refractivity contribution < 1.29 is 4.79 Å². The molecule has 114 valence electrons. The molecule has 1 aliphatic heterocycles. The molecule has 1 aromatic carbocycles. The fourth-order valence-corrected chi connectivity index (χ4v) is 3.31. The first-order valence-electron chi connectivity index (χ1n) is 8.27. The summed E-state index contributed by atoms with van der Waals surface area (Å²) >= 11 is 0. The summed E-state index contributed by atoms with van der Waals surface area (Å²) in [5.41, 5.74) is 2.97. The molecule has 1 amide bonds. The van der Waals surface area contributed by atoms with E-state index >= 15 is 0 Å². The van der Waals surface area contributed by atoms with Crippen molar-refractivity contribution >= 4 is 5.91 Å². The van der Waals surface area contributed by atoms with Crippen LogP contribution in [-0.4, -0.2) is 33.7 Å². The molecular formula is C18H21N3O. The first kappa shape index (κ1) is 13.6. The highest BCUT2D eigenvalue weighted by Gasteiger charge is 2.34. The molecule has 0 radical (unpaired) electrons. The Morgan fingerprint density at radius 1 is 1.05 bits per heavy atom. The second-order valence-corrected chi connectivity index (χ2v) is 6.32. The van der Waals surface area contributed by atoms with Gasteiger partial charge in [0.25, 0.3) is 5.91 Å². The molecule has 4 rings (SSSR count). The molecule has 1 aliphatic carbocycles. The summed E-state index contributed by atoms with van der Waals surface area (Å²) < 4.78 is 1.97. The van der Waals surface area contributed by atoms with E-state index < -0.39 is 0 Å². The molecule has 2 aromatic rings. The molecular weight excluding hydrogens is 274 g/mol. The van der Waals surface area contributed by atoms with Crippen LogP contribution < -0.4 is 0 Å². The number of carbonyl (C=O) groups excluding carboxylic acids is 1. The molecule has 0 N–H and O–H groups in total. The Morgan fingerprint density at radius 2 is 1.77 bits per heavy atom. The first-order chi connectivity index (χ1) is 10.8. The van der Waals surface area contributed by atoms with E-state index in [1.807, 2.05) is 39.9 Å². The fraction of sp³-hybridized carbons (Fsp3) is 0.444. The van der Waals surface area contributed by atoms with Crippen LogP contribution in [0.1, 0.15) is 54.1 Å². The van der Waals surface area contributed by atoms with Crippen LogP contribution in [-0.2, 0) is 0 Å². The summed E-state index contributed by atoms with van der Waals surface area (Å²) in [6, 6.07) is 10.1. The van der Waals surface area contributed by atoms with Gasteiger partial charge >= 0.3 is 0 Å². The normalized spacial score (nSPS) is 18.5. The topological polar surface area (TPSA) is 38.1 Å². The molecule has 0 unspecified atom stereocenters. The first-order valence-corrected chi connectivity index (χ1v) is 8.27. The SMILES string of the molecule is O=C(c1cnn(-c2ccccc2)c1C1CC1)N1CCCCC1. The zero-order chi connectivity index (χ0) is 14.9. The number of carbonyl (C=O) groups is 1. The molecule has 1 saturated carbocycles. The third kappa shape index (κ3) is 2.43. The lowest BCUT2D eigenvalue weighted by Crippen LogP contribution is -2.35. The summed E-state index contributed by atoms with van der Waals surface area (Å²) in [5.74, 6) is 0.662. The summed E-state index contributed by atoms with van der Waals surface area (Å²) in [4.78, 5) is 14.9. The van der Waals surface area contributed by atoms with Crippen LogP contribution >= 0.6 is 0 Å². The Morgan fingerprint density at radius 3 is 2.45 bits per heavy atom. The van der Waals surface area contributed by atoms with Gasteiger partial charge in [0.05, 0.1) is 23.1 Å². The second-order valence-electron chi connectivity index (χ2n) is 6.32. The Balaban J connectivity index is 1.71. The van der Waals surface area contributed by atoms with Crippen molar-refractivity contribution in [2.45, 2.75) is 38.0 Å². The van der Waals surface area contributed by atoms with Gasteiger partial charge in [-0.1, -0.05) is 18.2 Å². The number of para-hydroxylation sites is 1. The predicted molar refractivity (Wildman–Crippen MR) is 85.3 cm³/mol. The van der Waals surface area contributed by atoms with Gasteiger partial charge in [0.15, 0.2) is 0 Å². The molecule has 1 saturated heterocycles. The van der Waals surface area contributed by atoms with Crippen LogP contribution in [0.2, 0.25) is 0 Å². The molecule has 2 aliphatic rings. The van der Waals surface area contributed by atoms with Crippen molar-refractivity contribution in [3.05, 3.63) is 47.8 Å². The Bertz CT molecular complexity index is 667. The van der Waals surface area contributed by atoms with E-state index in [1.54, 1.807) is 6.20 Å². The smallest absolute Gasteiger partial charge is 0.257 e. The average molecular weight is 295 g/mol. The van der Waals surface area contributed by atoms with Gasteiger partial charge in [0.2, 0.25) is 0 Å². The van der Waals surface area contributed by atoms with Crippen molar-refractivity contribution in [3.63, 3.8) is 0 Å². The minimum atomic E-state index is 0.170. The lowest BCUT2D eigenvalue weighted by Gasteiger charge is -2.26. The quantitative estimate of drug-likeness (QED) is 0.870. The van der Waals surface area contributed by atoms with Crippen LogP contribution in [0.3, 0.4) is 0 Å². The van der Waals surface area contributed by atoms with E-state index in [0.29, 0.717) is 5.92 Å². The Labute approximate surface area is 130 Å². The monoisotopic (exact) mass is 295 g/mol. The standard InChI is InChI=1S/C18H21N3O/c22-18(20-11-5-2-6-12-20)16-13-19-21(17(16)14-9-10-14)15-7-3-1-4-8-15/h1,3-4,7-8,13-14H,2,5-6,9-12H2. The molecule has 0 atom stereocenters. The number of benzene rings is 1. The van der Waals surface area contributed by atoms with Crippen molar-refractivity contribution in [1.29, 1.82) is 0 Å². The number of hydrogen-bond acceptors (Lipinski definition) is 2. The highest BCUT2D eigenvalue weighted by Crippen LogP contribution is 2.42. The van der Waals surface area contributed by atoms with Crippen molar-refractivity contribution in [2.75, 3.05) is 13.1 Å². The maximum Gasteiger partial charge on any atom is 0.257 e. The zero-order valence-corrected chi connectivity index (χ0v) is 12.7. The fourth-order valence-electron chi connectivity index (χ4n) is 3.31. The minimum absolute atomic E-state index is 0.170. The van der Waals surface area contributed by atoms with Crippen LogP contribution in [0, 0.1) is 0 Å². The number of nitrogens with zero attached hydrogens (tertiary/aromatic N) is 3. The van der Waals surface area contributed by atoms with Crippen molar-refractivity contribution in [3.8, 4) is 5.69 Å². The van der Waals surface area contributed by atoms with Gasteiger partial charge in [-0.3, -0.25) is 4.79 Å². The molecule has 2 heterocycles. The van der Waals surface area contributed by atoms with E-state index in [1.165, 1.54) is 19.3 Å². The van der Waals surface area contributed by atoms with E-state index in [-0.39, 0.29) is 5.91 Å². The maximum atomic E-state index is 12.9. The van der Waals surface area contributed by atoms with Gasteiger partial charge in [-0.2, -0.15) is 5.10 Å². The van der Waals surface area contributed by atoms with Gasteiger partial charge in [0.1, 0.15) is 0 Å². The van der Waals surface area contributed by atoms with Gasteiger partial charge in [-0.05, 0) is 44.2 Å². The van der Waals surface area contributed by atoms with Crippen molar-refractivity contribution in [2.24, 2.45) is 0 Å². The van der Waals surface area contributed by atoms with Crippen LogP contribution in [0.25, 0.3) is 5.69 Å². The molecule has 4 heteroatoms. The molecule has 22 heavy (non-hydrogen) atoms. The number of amides is 1. The number of rotatable bonds is 3. The maximum absolute atomic E-state index is 12.9. The summed E-state index contributed by atoms with van der Waals surface area (Å²) in [5, 5.41) is 4.53. The Hall–Kier alpha value is -2.10. The van der Waals surface area contributed by atoms with Gasteiger partial charge in [-0.15, -0.1) is 0 Å². The van der Waals surface area contributed by atoms with Gasteiger partial charge in [-0.25, -0.2) is 4.68 Å². The molecule has 4 nitrogen and oxygen atoms in total. The molecule has 0 spiro atoms. The summed E-state index contributed by atoms with van der Waals surface area (Å²) in [6.45, 7) is 1.78. The predicted octanol–water partition coefficient (Wildman–Crippen LogP) is 3.38. The number of piperidine rings is 1. The van der Waals surface area contributed by atoms with Crippen LogP contribution in [0.15, 0.2) is 36.5 Å². The third-order valence-corrected chi connectivity index (χ3v) is 4.64. The van der Waals surface area contributed by atoms with E-state index in [9.17, 15) is 4.79 Å². The number of hydrogen-bond donors (Lipinski definition) is 0. The van der Waals surface area contributed by atoms with Gasteiger partial charge in [0, 0.05) is 19.0 Å². The molecule has 0 bridgehead atoms. The third-order valence-electron chi connectivity index (χ3n) is 4.64. The number of likely N-dealkylation sites (tertiary alicyclic amines) is 1. The lowest BCUT2D eigenvalue weighted by molar-refractivity contribution is 0.0723. The second kappa shape index (κ2) is 5.59. The Kier molecular flexibility index (Phi) is 3.45. The van der Waals surface area contributed by atoms with Crippen LogP contribution in [0.4, 0.5) is 0 Å². The lowest BCUT2D eigenvalue weighted by atomic mass is 10.1. The zero-order valence-electron chi connectivity index (χ0n) is 12.7. The highest BCUT2D eigenvalue weighted by atomic mass is 16.2. The van der Waals surface area contributed by atoms with E-state index in [2.05, 4.69) is 5.10 Å². The minimum Gasteiger partial charge on any atom is -0.339 e. The number of aromatic nitrogens is 2. The van der Waals surface area contributed by atoms with Gasteiger partial charge < -0.3 is 4.90 Å². The summed E-state index contributed by atoms with van der Waals surface area (Å²) in [6.07, 6.45) is 7.59. The van der Waals surface area contributed by atoms with Crippen LogP contribution in [0.5, 0.6) is 0 Å². The highest BCUT2D eigenvalue weighted by molar-refractivity contribution is 5.95. The largest absolute Gasteiger partial charge is 0.339 e. The molecule has 2 fully saturated rings. The van der Waals surface area contributed by atoms with E-state index in [0.717, 1.165) is 42.9 Å². The molecule has 1 aromatic heterocycles. The van der Waals surface area contributed by atoms with Crippen molar-refractivity contribution in [1.82, 2.24) is 14.7 Å².